The Morgan fingerprint density at radius 3 is 2.50 bits per heavy atom. The van der Waals surface area contributed by atoms with Crippen molar-refractivity contribution in [2.75, 3.05) is 7.11 Å². The molecule has 0 fully saturated rings. The summed E-state index contributed by atoms with van der Waals surface area (Å²) in [6, 6.07) is 19.5. The van der Waals surface area contributed by atoms with Crippen LogP contribution < -0.4 is 4.84 Å². The van der Waals surface area contributed by atoms with Crippen molar-refractivity contribution in [3.63, 3.8) is 0 Å². The van der Waals surface area contributed by atoms with E-state index < -0.39 is 5.97 Å². The van der Waals surface area contributed by atoms with Crippen LogP contribution in [-0.2, 0) is 4.74 Å². The van der Waals surface area contributed by atoms with Crippen molar-refractivity contribution < 1.29 is 19.2 Å². The van der Waals surface area contributed by atoms with E-state index in [2.05, 4.69) is 4.98 Å². The number of aromatic nitrogens is 1. The molecule has 4 rings (SSSR count). The fraction of sp³-hybridized carbons (Fsp3) is 0.0455. The molecule has 0 unspecified atom stereocenters. The standard InChI is InChI=1S/C22H16N2O4/c1-27-22(26)16-10-11-17-18(14-16)19(13-15-7-3-2-4-8-15)24(21(17)25)28-20-9-5-6-12-23-20/h2-14H,1H3/b19-13+. The Kier molecular flexibility index (Phi) is 4.60. The van der Waals surface area contributed by atoms with Crippen LogP contribution >= 0.6 is 0 Å². The molecule has 3 aromatic rings. The topological polar surface area (TPSA) is 68.7 Å². The molecule has 1 aliphatic heterocycles. The average molecular weight is 372 g/mol. The minimum atomic E-state index is -0.474. The van der Waals surface area contributed by atoms with E-state index >= 15 is 0 Å². The maximum atomic E-state index is 13.0. The first-order valence-electron chi connectivity index (χ1n) is 8.60. The minimum Gasteiger partial charge on any atom is -0.465 e. The van der Waals surface area contributed by atoms with Crippen LogP contribution in [0.4, 0.5) is 0 Å². The monoisotopic (exact) mass is 372 g/mol. The fourth-order valence-corrected chi connectivity index (χ4v) is 2.94. The van der Waals surface area contributed by atoms with Crippen molar-refractivity contribution >= 4 is 23.6 Å². The molecular weight excluding hydrogens is 356 g/mol. The lowest BCUT2D eigenvalue weighted by atomic mass is 10.0. The molecule has 0 saturated heterocycles. The van der Waals surface area contributed by atoms with Crippen LogP contribution in [0.5, 0.6) is 5.88 Å². The fourth-order valence-electron chi connectivity index (χ4n) is 2.94. The number of fused-ring (bicyclic) bond motifs is 1. The van der Waals surface area contributed by atoms with Crippen LogP contribution in [0.1, 0.15) is 31.8 Å². The van der Waals surface area contributed by atoms with Gasteiger partial charge in [0.1, 0.15) is 0 Å². The van der Waals surface area contributed by atoms with Crippen molar-refractivity contribution in [1.82, 2.24) is 10.0 Å². The molecule has 1 aliphatic rings. The van der Waals surface area contributed by atoms with E-state index in [4.69, 9.17) is 9.57 Å². The summed E-state index contributed by atoms with van der Waals surface area (Å²) in [5.74, 6) is -0.520. The van der Waals surface area contributed by atoms with Crippen molar-refractivity contribution in [2.24, 2.45) is 0 Å². The number of hydrogen-bond acceptors (Lipinski definition) is 5. The summed E-state index contributed by atoms with van der Waals surface area (Å²) in [4.78, 5) is 34.8. The van der Waals surface area contributed by atoms with Crippen LogP contribution in [0.3, 0.4) is 0 Å². The van der Waals surface area contributed by atoms with Crippen LogP contribution in [0.2, 0.25) is 0 Å². The zero-order valence-electron chi connectivity index (χ0n) is 15.0. The number of nitrogens with zero attached hydrogens (tertiary/aromatic N) is 2. The summed E-state index contributed by atoms with van der Waals surface area (Å²) < 4.78 is 4.80. The third-order valence-electron chi connectivity index (χ3n) is 4.28. The number of methoxy groups -OCH3 is 1. The Hall–Kier alpha value is -3.93. The zero-order chi connectivity index (χ0) is 19.5. The molecule has 6 heteroatoms. The number of carbonyl (C=O) groups excluding carboxylic acids is 2. The van der Waals surface area contributed by atoms with Gasteiger partial charge in [-0.1, -0.05) is 36.4 Å². The van der Waals surface area contributed by atoms with Crippen molar-refractivity contribution in [3.8, 4) is 5.88 Å². The minimum absolute atomic E-state index is 0.288. The molecule has 0 spiro atoms. The van der Waals surface area contributed by atoms with E-state index in [1.165, 1.54) is 12.2 Å². The van der Waals surface area contributed by atoms with Gasteiger partial charge in [-0.2, -0.15) is 0 Å². The number of hydroxylamine groups is 2. The van der Waals surface area contributed by atoms with E-state index in [-0.39, 0.29) is 11.8 Å². The van der Waals surface area contributed by atoms with E-state index in [1.807, 2.05) is 36.4 Å². The predicted octanol–water partition coefficient (Wildman–Crippen LogP) is 3.82. The van der Waals surface area contributed by atoms with Crippen molar-refractivity contribution in [2.45, 2.75) is 0 Å². The lowest BCUT2D eigenvalue weighted by Crippen LogP contribution is -2.27. The van der Waals surface area contributed by atoms with Crippen molar-refractivity contribution in [1.29, 1.82) is 0 Å². The second-order valence-corrected chi connectivity index (χ2v) is 6.05. The number of benzene rings is 2. The Morgan fingerprint density at radius 2 is 1.79 bits per heavy atom. The molecule has 2 heterocycles. The first-order chi connectivity index (χ1) is 13.7. The van der Waals surface area contributed by atoms with Gasteiger partial charge in [0, 0.05) is 17.8 Å². The molecular formula is C22H16N2O4. The third-order valence-corrected chi connectivity index (χ3v) is 4.28. The van der Waals surface area contributed by atoms with E-state index in [0.29, 0.717) is 22.4 Å². The lowest BCUT2D eigenvalue weighted by molar-refractivity contribution is 0.0107. The molecule has 0 saturated carbocycles. The Labute approximate surface area is 161 Å². The first kappa shape index (κ1) is 17.5. The van der Waals surface area contributed by atoms with Gasteiger partial charge < -0.3 is 9.57 Å². The quantitative estimate of drug-likeness (QED) is 0.652. The van der Waals surface area contributed by atoms with Gasteiger partial charge in [0.15, 0.2) is 0 Å². The lowest BCUT2D eigenvalue weighted by Gasteiger charge is -2.17. The number of carbonyl (C=O) groups is 2. The molecule has 0 radical (unpaired) electrons. The number of esters is 1. The Balaban J connectivity index is 1.82. The number of rotatable bonds is 4. The predicted molar refractivity (Wildman–Crippen MR) is 103 cm³/mol. The van der Waals surface area contributed by atoms with Gasteiger partial charge in [0.05, 0.1) is 23.9 Å². The van der Waals surface area contributed by atoms with Gasteiger partial charge in [-0.25, -0.2) is 9.78 Å². The summed E-state index contributed by atoms with van der Waals surface area (Å²) in [6.07, 6.45) is 3.41. The van der Waals surface area contributed by atoms with Gasteiger partial charge in [0.25, 0.3) is 5.91 Å². The summed E-state index contributed by atoms with van der Waals surface area (Å²) >= 11 is 0. The highest BCUT2D eigenvalue weighted by atomic mass is 16.7. The number of ether oxygens (including phenoxy) is 1. The van der Waals surface area contributed by atoms with E-state index in [0.717, 1.165) is 5.56 Å². The number of hydrogen-bond donors (Lipinski definition) is 0. The molecule has 1 aromatic heterocycles. The van der Waals surface area contributed by atoms with Gasteiger partial charge in [-0.05, 0) is 35.9 Å². The highest BCUT2D eigenvalue weighted by Crippen LogP contribution is 2.35. The second-order valence-electron chi connectivity index (χ2n) is 6.05. The van der Waals surface area contributed by atoms with Crippen molar-refractivity contribution in [3.05, 3.63) is 95.2 Å². The van der Waals surface area contributed by atoms with Crippen LogP contribution in [0.15, 0.2) is 72.9 Å². The molecule has 6 nitrogen and oxygen atoms in total. The molecule has 0 aliphatic carbocycles. The van der Waals surface area contributed by atoms with Gasteiger partial charge in [0.2, 0.25) is 5.88 Å². The van der Waals surface area contributed by atoms with E-state index in [9.17, 15) is 9.59 Å². The Bertz CT molecular complexity index is 1060. The van der Waals surface area contributed by atoms with E-state index in [1.54, 1.807) is 42.6 Å². The third kappa shape index (κ3) is 3.23. The highest BCUT2D eigenvalue weighted by Gasteiger charge is 2.35. The summed E-state index contributed by atoms with van der Waals surface area (Å²) in [5.41, 5.74) is 2.78. The first-order valence-corrected chi connectivity index (χ1v) is 8.60. The van der Waals surface area contributed by atoms with Gasteiger partial charge in [-0.3, -0.25) is 4.79 Å². The molecule has 0 atom stereocenters. The van der Waals surface area contributed by atoms with Crippen LogP contribution in [-0.4, -0.2) is 29.0 Å². The van der Waals surface area contributed by atoms with Gasteiger partial charge in [-0.15, -0.1) is 5.06 Å². The smallest absolute Gasteiger partial charge is 0.337 e. The molecule has 2 aromatic carbocycles. The summed E-state index contributed by atoms with van der Waals surface area (Å²) in [7, 11) is 1.32. The SMILES string of the molecule is COC(=O)c1ccc2c(c1)/C(=C\c1ccccc1)N(Oc1ccccn1)C2=O. The number of pyridine rings is 1. The average Bonchev–Trinajstić information content (AvgIpc) is 3.00. The maximum Gasteiger partial charge on any atom is 0.337 e. The molecule has 0 bridgehead atoms. The largest absolute Gasteiger partial charge is 0.465 e. The molecule has 28 heavy (non-hydrogen) atoms. The Morgan fingerprint density at radius 1 is 1.00 bits per heavy atom. The summed E-state index contributed by atoms with van der Waals surface area (Å²) in [5, 5.41) is 1.20. The van der Waals surface area contributed by atoms with Crippen LogP contribution in [0.25, 0.3) is 11.8 Å². The normalized spacial score (nSPS) is 14.1. The molecule has 0 N–H and O–H groups in total. The summed E-state index contributed by atoms with van der Waals surface area (Å²) in [6.45, 7) is 0. The van der Waals surface area contributed by atoms with Gasteiger partial charge >= 0.3 is 5.97 Å². The zero-order valence-corrected chi connectivity index (χ0v) is 15.0. The second kappa shape index (κ2) is 7.36. The van der Waals surface area contributed by atoms with Crippen LogP contribution in [0, 0.1) is 0 Å². The molecule has 1 amide bonds. The maximum absolute atomic E-state index is 13.0. The molecule has 138 valence electrons. The number of amides is 1. The highest BCUT2D eigenvalue weighted by molar-refractivity contribution is 6.12.